The molecule has 1 amide bonds. The van der Waals surface area contributed by atoms with Crippen LogP contribution >= 0.6 is 0 Å². The van der Waals surface area contributed by atoms with E-state index in [0.717, 1.165) is 43.9 Å². The molecule has 2 N–H and O–H groups in total. The van der Waals surface area contributed by atoms with Gasteiger partial charge in [0, 0.05) is 38.0 Å². The van der Waals surface area contributed by atoms with Crippen molar-refractivity contribution in [2.45, 2.75) is 26.2 Å². The molecule has 1 unspecified atom stereocenters. The second-order valence-electron chi connectivity index (χ2n) is 5.25. The molecular formula is C15H23N3O2. The van der Waals surface area contributed by atoms with Crippen molar-refractivity contribution in [1.29, 1.82) is 0 Å². The van der Waals surface area contributed by atoms with Gasteiger partial charge in [0.1, 0.15) is 5.82 Å². The standard InChI is InChI=1S/C15H23N3O2/c1-3-13-8-12(9-14(16-2)17-13)15(20)18-6-4-11(10-18)5-7-19/h8-9,11,19H,3-7,10H2,1-2H3,(H,16,17). The number of aliphatic hydroxyl groups excluding tert-OH is 1. The minimum Gasteiger partial charge on any atom is -0.396 e. The average molecular weight is 277 g/mol. The van der Waals surface area contributed by atoms with Crippen molar-refractivity contribution in [3.05, 3.63) is 23.4 Å². The van der Waals surface area contributed by atoms with Gasteiger partial charge in [-0.15, -0.1) is 0 Å². The molecule has 2 heterocycles. The van der Waals surface area contributed by atoms with Crippen LogP contribution in [0.1, 0.15) is 35.8 Å². The van der Waals surface area contributed by atoms with Gasteiger partial charge in [0.05, 0.1) is 0 Å². The number of hydrogen-bond acceptors (Lipinski definition) is 4. The average Bonchev–Trinajstić information content (AvgIpc) is 2.94. The van der Waals surface area contributed by atoms with Crippen LogP contribution in [0.5, 0.6) is 0 Å². The van der Waals surface area contributed by atoms with Crippen molar-refractivity contribution in [2.75, 3.05) is 32.1 Å². The van der Waals surface area contributed by atoms with Crippen LogP contribution in [-0.2, 0) is 6.42 Å². The summed E-state index contributed by atoms with van der Waals surface area (Å²) in [6, 6.07) is 3.68. The van der Waals surface area contributed by atoms with Crippen LogP contribution in [0, 0.1) is 5.92 Å². The van der Waals surface area contributed by atoms with Gasteiger partial charge in [0.2, 0.25) is 0 Å². The highest BCUT2D eigenvalue weighted by Crippen LogP contribution is 2.22. The Labute approximate surface area is 120 Å². The number of rotatable bonds is 5. The van der Waals surface area contributed by atoms with Gasteiger partial charge in [-0.1, -0.05) is 6.92 Å². The van der Waals surface area contributed by atoms with Crippen molar-refractivity contribution in [3.63, 3.8) is 0 Å². The highest BCUT2D eigenvalue weighted by atomic mass is 16.3. The zero-order chi connectivity index (χ0) is 14.5. The lowest BCUT2D eigenvalue weighted by Gasteiger charge is -2.17. The molecule has 1 aromatic heterocycles. The summed E-state index contributed by atoms with van der Waals surface area (Å²) < 4.78 is 0. The maximum atomic E-state index is 12.5. The number of hydrogen-bond donors (Lipinski definition) is 2. The van der Waals surface area contributed by atoms with Gasteiger partial charge in [0.15, 0.2) is 0 Å². The van der Waals surface area contributed by atoms with Crippen LogP contribution in [0.2, 0.25) is 0 Å². The second-order valence-corrected chi connectivity index (χ2v) is 5.25. The van der Waals surface area contributed by atoms with Gasteiger partial charge >= 0.3 is 0 Å². The first kappa shape index (κ1) is 14.8. The predicted octanol–water partition coefficient (Wildman–Crippen LogP) is 1.53. The smallest absolute Gasteiger partial charge is 0.254 e. The van der Waals surface area contributed by atoms with Crippen LogP contribution in [0.15, 0.2) is 12.1 Å². The zero-order valence-corrected chi connectivity index (χ0v) is 12.2. The Morgan fingerprint density at radius 2 is 2.35 bits per heavy atom. The van der Waals surface area contributed by atoms with E-state index in [1.807, 2.05) is 24.9 Å². The molecule has 20 heavy (non-hydrogen) atoms. The molecule has 1 aliphatic rings. The summed E-state index contributed by atoms with van der Waals surface area (Å²) in [6.45, 7) is 3.76. The first-order valence-corrected chi connectivity index (χ1v) is 7.26. The van der Waals surface area contributed by atoms with Crippen LogP contribution in [0.4, 0.5) is 5.82 Å². The molecule has 1 fully saturated rings. The Bertz CT molecular complexity index is 454. The summed E-state index contributed by atoms with van der Waals surface area (Å²) in [5.41, 5.74) is 1.62. The van der Waals surface area contributed by atoms with E-state index in [1.54, 1.807) is 6.07 Å². The Hall–Kier alpha value is -1.62. The van der Waals surface area contributed by atoms with Crippen LogP contribution in [0.3, 0.4) is 0 Å². The molecule has 2 rings (SSSR count). The lowest BCUT2D eigenvalue weighted by molar-refractivity contribution is 0.0784. The number of anilines is 1. The molecule has 110 valence electrons. The van der Waals surface area contributed by atoms with Crippen LogP contribution in [0.25, 0.3) is 0 Å². The summed E-state index contributed by atoms with van der Waals surface area (Å²) in [4.78, 5) is 18.8. The van der Waals surface area contributed by atoms with Gasteiger partial charge < -0.3 is 15.3 Å². The number of aryl methyl sites for hydroxylation is 1. The largest absolute Gasteiger partial charge is 0.396 e. The Balaban J connectivity index is 2.13. The summed E-state index contributed by atoms with van der Waals surface area (Å²) in [5, 5.41) is 12.0. The van der Waals surface area contributed by atoms with Gasteiger partial charge in [-0.05, 0) is 37.3 Å². The van der Waals surface area contributed by atoms with Crippen molar-refractivity contribution >= 4 is 11.7 Å². The molecule has 5 nitrogen and oxygen atoms in total. The number of nitrogens with zero attached hydrogens (tertiary/aromatic N) is 2. The number of aromatic nitrogens is 1. The molecule has 1 saturated heterocycles. The van der Waals surface area contributed by atoms with Gasteiger partial charge in [-0.25, -0.2) is 4.98 Å². The van der Waals surface area contributed by atoms with Crippen molar-refractivity contribution in [2.24, 2.45) is 5.92 Å². The molecule has 0 saturated carbocycles. The summed E-state index contributed by atoms with van der Waals surface area (Å²) in [6.07, 6.45) is 2.57. The van der Waals surface area contributed by atoms with E-state index < -0.39 is 0 Å². The third kappa shape index (κ3) is 3.28. The fourth-order valence-corrected chi connectivity index (χ4v) is 2.64. The van der Waals surface area contributed by atoms with E-state index >= 15 is 0 Å². The summed E-state index contributed by atoms with van der Waals surface area (Å²) in [7, 11) is 1.81. The second kappa shape index (κ2) is 6.70. The maximum absolute atomic E-state index is 12.5. The molecule has 0 radical (unpaired) electrons. The van der Waals surface area contributed by atoms with Crippen molar-refractivity contribution < 1.29 is 9.90 Å². The van der Waals surface area contributed by atoms with E-state index in [9.17, 15) is 4.79 Å². The number of carbonyl (C=O) groups is 1. The number of carbonyl (C=O) groups excluding carboxylic acids is 1. The molecule has 5 heteroatoms. The van der Waals surface area contributed by atoms with E-state index in [4.69, 9.17) is 5.11 Å². The maximum Gasteiger partial charge on any atom is 0.254 e. The van der Waals surface area contributed by atoms with E-state index in [-0.39, 0.29) is 12.5 Å². The molecule has 0 aromatic carbocycles. The molecule has 1 atom stereocenters. The van der Waals surface area contributed by atoms with Crippen molar-refractivity contribution in [1.82, 2.24) is 9.88 Å². The van der Waals surface area contributed by atoms with Crippen molar-refractivity contribution in [3.8, 4) is 0 Å². The fourth-order valence-electron chi connectivity index (χ4n) is 2.64. The van der Waals surface area contributed by atoms with E-state index in [1.165, 1.54) is 0 Å². The summed E-state index contributed by atoms with van der Waals surface area (Å²) >= 11 is 0. The molecule has 0 bridgehead atoms. The van der Waals surface area contributed by atoms with Gasteiger partial charge in [-0.2, -0.15) is 0 Å². The van der Waals surface area contributed by atoms with E-state index in [2.05, 4.69) is 10.3 Å². The monoisotopic (exact) mass is 277 g/mol. The molecule has 1 aliphatic heterocycles. The predicted molar refractivity (Wildman–Crippen MR) is 78.9 cm³/mol. The number of aliphatic hydroxyl groups is 1. The zero-order valence-electron chi connectivity index (χ0n) is 12.2. The third-order valence-corrected chi connectivity index (χ3v) is 3.85. The highest BCUT2D eigenvalue weighted by Gasteiger charge is 2.26. The van der Waals surface area contributed by atoms with Gasteiger partial charge in [-0.3, -0.25) is 4.79 Å². The first-order chi connectivity index (χ1) is 9.67. The minimum absolute atomic E-state index is 0.0686. The quantitative estimate of drug-likeness (QED) is 0.856. The van der Waals surface area contributed by atoms with Crippen LogP contribution < -0.4 is 5.32 Å². The number of pyridine rings is 1. The van der Waals surface area contributed by atoms with Gasteiger partial charge in [0.25, 0.3) is 5.91 Å². The van der Waals surface area contributed by atoms with Crippen LogP contribution in [-0.4, -0.2) is 47.6 Å². The fraction of sp³-hybridized carbons (Fsp3) is 0.600. The van der Waals surface area contributed by atoms with E-state index in [0.29, 0.717) is 11.5 Å². The highest BCUT2D eigenvalue weighted by molar-refractivity contribution is 5.95. The molecule has 0 aliphatic carbocycles. The number of amides is 1. The SMILES string of the molecule is CCc1cc(C(=O)N2CCC(CCO)C2)cc(NC)n1. The lowest BCUT2D eigenvalue weighted by atomic mass is 10.1. The minimum atomic E-state index is 0.0686. The topological polar surface area (TPSA) is 65.5 Å². The molecular weight excluding hydrogens is 254 g/mol. The normalized spacial score (nSPS) is 18.4. The Morgan fingerprint density at radius 3 is 3.00 bits per heavy atom. The Morgan fingerprint density at radius 1 is 1.55 bits per heavy atom. The summed E-state index contributed by atoms with van der Waals surface area (Å²) in [5.74, 6) is 1.23. The number of nitrogens with one attached hydrogen (secondary N) is 1. The molecule has 0 spiro atoms. The number of likely N-dealkylation sites (tertiary alicyclic amines) is 1. The third-order valence-electron chi connectivity index (χ3n) is 3.85. The first-order valence-electron chi connectivity index (χ1n) is 7.26. The Kier molecular flexibility index (Phi) is 4.95. The molecule has 1 aromatic rings. The lowest BCUT2D eigenvalue weighted by Crippen LogP contribution is -2.29.